The highest BCUT2D eigenvalue weighted by Gasteiger charge is 2.20. The van der Waals surface area contributed by atoms with Crippen molar-refractivity contribution in [1.29, 1.82) is 5.26 Å². The second-order valence-corrected chi connectivity index (χ2v) is 8.24. The zero-order chi connectivity index (χ0) is 18.8. The second-order valence-electron chi connectivity index (χ2n) is 4.63. The third kappa shape index (κ3) is 4.47. The van der Waals surface area contributed by atoms with Crippen LogP contribution in [-0.2, 0) is 20.2 Å². The maximum atomic E-state index is 11.5. The van der Waals surface area contributed by atoms with E-state index in [9.17, 15) is 25.9 Å². The van der Waals surface area contributed by atoms with Crippen molar-refractivity contribution in [3.8, 4) is 6.19 Å². The summed E-state index contributed by atoms with van der Waals surface area (Å²) in [5.41, 5.74) is 0.299. The third-order valence-electron chi connectivity index (χ3n) is 3.03. The van der Waals surface area contributed by atoms with E-state index in [1.165, 1.54) is 18.2 Å². The summed E-state index contributed by atoms with van der Waals surface area (Å²) >= 11 is 1.15. The SMILES string of the molecule is CSC(=Nc1ccc2c(S(=O)(=O)O)cc(S(=O)(=O)O)cc2c1)NC#N. The molecule has 0 spiro atoms. The van der Waals surface area contributed by atoms with Crippen LogP contribution >= 0.6 is 11.8 Å². The van der Waals surface area contributed by atoms with Gasteiger partial charge in [-0.1, -0.05) is 17.8 Å². The largest absolute Gasteiger partial charge is 0.295 e. The van der Waals surface area contributed by atoms with Gasteiger partial charge in [0.1, 0.15) is 4.90 Å². The number of nitrogens with zero attached hydrogens (tertiary/aromatic N) is 2. The standard InChI is InChI=1S/C13H11N3O6S3/c1-23-13(15-7-14)16-9-2-3-11-8(4-9)5-10(24(17,18)19)6-12(11)25(20,21)22/h2-6H,1H3,(H,15,16)(H,17,18,19)(H,20,21,22). The van der Waals surface area contributed by atoms with Crippen LogP contribution in [0, 0.1) is 11.5 Å². The van der Waals surface area contributed by atoms with Gasteiger partial charge in [-0.15, -0.1) is 0 Å². The number of nitriles is 1. The van der Waals surface area contributed by atoms with Crippen molar-refractivity contribution >= 4 is 53.6 Å². The van der Waals surface area contributed by atoms with Crippen LogP contribution in [0.25, 0.3) is 10.8 Å². The fourth-order valence-electron chi connectivity index (χ4n) is 2.02. The zero-order valence-corrected chi connectivity index (χ0v) is 15.0. The van der Waals surface area contributed by atoms with Crippen LogP contribution in [0.15, 0.2) is 45.1 Å². The fraction of sp³-hybridized carbons (Fsp3) is 0.0769. The Hall–Kier alpha value is -2.17. The van der Waals surface area contributed by atoms with Crippen LogP contribution in [0.4, 0.5) is 5.69 Å². The van der Waals surface area contributed by atoms with Crippen molar-refractivity contribution in [3.05, 3.63) is 30.3 Å². The Morgan fingerprint density at radius 3 is 2.36 bits per heavy atom. The lowest BCUT2D eigenvalue weighted by Gasteiger charge is -2.08. The number of hydrogen-bond acceptors (Lipinski definition) is 7. The van der Waals surface area contributed by atoms with E-state index in [0.29, 0.717) is 11.8 Å². The maximum Gasteiger partial charge on any atom is 0.295 e. The summed E-state index contributed by atoms with van der Waals surface area (Å²) in [7, 11) is -9.43. The Balaban J connectivity index is 2.80. The molecular formula is C13H11N3O6S3. The van der Waals surface area contributed by atoms with Gasteiger partial charge in [-0.2, -0.15) is 22.1 Å². The van der Waals surface area contributed by atoms with Crippen molar-refractivity contribution in [1.82, 2.24) is 5.32 Å². The molecule has 9 nitrogen and oxygen atoms in total. The second kappa shape index (κ2) is 6.98. The minimum absolute atomic E-state index is 0.0489. The van der Waals surface area contributed by atoms with E-state index in [1.54, 1.807) is 12.4 Å². The van der Waals surface area contributed by atoms with Crippen molar-refractivity contribution < 1.29 is 25.9 Å². The Morgan fingerprint density at radius 1 is 1.16 bits per heavy atom. The molecule has 132 valence electrons. The summed E-state index contributed by atoms with van der Waals surface area (Å²) < 4.78 is 64.2. The first-order valence-corrected chi connectivity index (χ1v) is 10.5. The lowest BCUT2D eigenvalue weighted by molar-refractivity contribution is 0.482. The molecule has 0 bridgehead atoms. The van der Waals surface area contributed by atoms with Gasteiger partial charge in [-0.3, -0.25) is 14.4 Å². The number of fused-ring (bicyclic) bond motifs is 1. The van der Waals surface area contributed by atoms with Crippen molar-refractivity contribution in [3.63, 3.8) is 0 Å². The number of hydrogen-bond donors (Lipinski definition) is 3. The highest BCUT2D eigenvalue weighted by Crippen LogP contribution is 2.30. The van der Waals surface area contributed by atoms with Gasteiger partial charge in [0.05, 0.1) is 10.6 Å². The predicted octanol–water partition coefficient (Wildman–Crippen LogP) is 1.75. The number of nitrogens with one attached hydrogen (secondary N) is 1. The monoisotopic (exact) mass is 401 g/mol. The molecule has 0 aromatic heterocycles. The number of amidine groups is 1. The van der Waals surface area contributed by atoms with Gasteiger partial charge in [-0.25, -0.2) is 4.99 Å². The van der Waals surface area contributed by atoms with Crippen molar-refractivity contribution in [2.75, 3.05) is 6.26 Å². The summed E-state index contributed by atoms with van der Waals surface area (Å²) in [6.45, 7) is 0. The molecule has 25 heavy (non-hydrogen) atoms. The first-order chi connectivity index (χ1) is 11.6. The quantitative estimate of drug-likeness (QED) is 0.229. The zero-order valence-electron chi connectivity index (χ0n) is 12.5. The maximum absolute atomic E-state index is 11.5. The highest BCUT2D eigenvalue weighted by molar-refractivity contribution is 8.13. The Kier molecular flexibility index (Phi) is 5.35. The van der Waals surface area contributed by atoms with E-state index in [2.05, 4.69) is 10.3 Å². The first kappa shape index (κ1) is 19.2. The lowest BCUT2D eigenvalue weighted by Crippen LogP contribution is -2.12. The van der Waals surface area contributed by atoms with Gasteiger partial charge in [0, 0.05) is 5.39 Å². The molecule has 12 heteroatoms. The Morgan fingerprint density at radius 2 is 1.84 bits per heavy atom. The number of rotatable bonds is 3. The van der Waals surface area contributed by atoms with E-state index < -0.39 is 30.0 Å². The van der Waals surface area contributed by atoms with Crippen molar-refractivity contribution in [2.24, 2.45) is 4.99 Å². The molecule has 2 rings (SSSR count). The summed E-state index contributed by atoms with van der Waals surface area (Å²) in [4.78, 5) is 2.78. The normalized spacial score (nSPS) is 12.8. The lowest BCUT2D eigenvalue weighted by atomic mass is 10.1. The minimum atomic E-state index is -4.73. The number of aliphatic imine (C=N–C) groups is 1. The summed E-state index contributed by atoms with van der Waals surface area (Å²) in [6, 6.07) is 5.83. The fourth-order valence-corrected chi connectivity index (χ4v) is 3.72. The van der Waals surface area contributed by atoms with E-state index >= 15 is 0 Å². The molecule has 3 N–H and O–H groups in total. The minimum Gasteiger partial charge on any atom is -0.282 e. The molecule has 0 aliphatic heterocycles. The molecular weight excluding hydrogens is 390 g/mol. The Labute approximate surface area is 147 Å². The van der Waals surface area contributed by atoms with Crippen LogP contribution in [0.5, 0.6) is 0 Å². The third-order valence-corrected chi connectivity index (χ3v) is 5.34. The van der Waals surface area contributed by atoms with Gasteiger partial charge in [0.2, 0.25) is 0 Å². The van der Waals surface area contributed by atoms with Crippen LogP contribution in [0.1, 0.15) is 0 Å². The average Bonchev–Trinajstić information content (AvgIpc) is 2.51. The molecule has 0 aliphatic rings. The van der Waals surface area contributed by atoms with E-state index in [4.69, 9.17) is 5.26 Å². The van der Waals surface area contributed by atoms with Gasteiger partial charge in [0.25, 0.3) is 20.2 Å². The van der Waals surface area contributed by atoms with Gasteiger partial charge < -0.3 is 0 Å². The first-order valence-electron chi connectivity index (χ1n) is 6.37. The smallest absolute Gasteiger partial charge is 0.282 e. The van der Waals surface area contributed by atoms with E-state index in [-0.39, 0.29) is 15.9 Å². The topological polar surface area (TPSA) is 157 Å². The van der Waals surface area contributed by atoms with Crippen LogP contribution < -0.4 is 5.32 Å². The molecule has 0 amide bonds. The van der Waals surface area contributed by atoms with Gasteiger partial charge in [0.15, 0.2) is 11.4 Å². The van der Waals surface area contributed by atoms with E-state index in [0.717, 1.165) is 17.8 Å². The molecule has 0 aliphatic carbocycles. The van der Waals surface area contributed by atoms with Crippen molar-refractivity contribution in [2.45, 2.75) is 9.79 Å². The molecule has 0 saturated carbocycles. The summed E-state index contributed by atoms with van der Waals surface area (Å²) in [6.07, 6.45) is 3.39. The summed E-state index contributed by atoms with van der Waals surface area (Å²) in [5, 5.41) is 11.4. The molecule has 0 atom stereocenters. The molecule has 0 saturated heterocycles. The molecule has 0 unspecified atom stereocenters. The number of benzene rings is 2. The molecule has 2 aromatic rings. The average molecular weight is 401 g/mol. The molecule has 2 aromatic carbocycles. The molecule has 0 radical (unpaired) electrons. The van der Waals surface area contributed by atoms with Crippen LogP contribution in [-0.4, -0.2) is 37.4 Å². The van der Waals surface area contributed by atoms with Crippen LogP contribution in [0.3, 0.4) is 0 Å². The van der Waals surface area contributed by atoms with E-state index in [1.807, 2.05) is 0 Å². The van der Waals surface area contributed by atoms with Gasteiger partial charge in [-0.05, 0) is 35.9 Å². The highest BCUT2D eigenvalue weighted by atomic mass is 32.2. The summed E-state index contributed by atoms with van der Waals surface area (Å²) in [5.74, 6) is 0. The van der Waals surface area contributed by atoms with Crippen LogP contribution in [0.2, 0.25) is 0 Å². The molecule has 0 heterocycles. The van der Waals surface area contributed by atoms with Gasteiger partial charge >= 0.3 is 0 Å². The Bertz CT molecular complexity index is 1120. The number of thioether (sulfide) groups is 1. The predicted molar refractivity (Wildman–Crippen MR) is 92.9 cm³/mol. The molecule has 0 fully saturated rings.